The van der Waals surface area contributed by atoms with Gasteiger partial charge in [-0.15, -0.1) is 0 Å². The van der Waals surface area contributed by atoms with E-state index in [2.05, 4.69) is 5.32 Å². The third kappa shape index (κ3) is 4.27. The first-order chi connectivity index (χ1) is 11.1. The molecule has 2 rings (SSSR count). The quantitative estimate of drug-likeness (QED) is 0.738. The van der Waals surface area contributed by atoms with Crippen LogP contribution < -0.4 is 5.32 Å². The van der Waals surface area contributed by atoms with Crippen molar-refractivity contribution < 1.29 is 28.2 Å². The van der Waals surface area contributed by atoms with Gasteiger partial charge in [-0.1, -0.05) is 29.8 Å². The molecule has 0 aliphatic heterocycles. The Kier molecular flexibility index (Phi) is 5.55. The number of nitrogens with one attached hydrogen (secondary N) is 1. The number of aliphatic hydroxyl groups is 2. The molecule has 1 fully saturated rings. The van der Waals surface area contributed by atoms with E-state index in [1.807, 2.05) is 31.2 Å². The highest BCUT2D eigenvalue weighted by molar-refractivity contribution is 5.80. The number of hydrogen-bond donors (Lipinski definition) is 3. The molecule has 1 amide bonds. The Morgan fingerprint density at radius 1 is 1.42 bits per heavy atom. The summed E-state index contributed by atoms with van der Waals surface area (Å²) in [6.07, 6.45) is -5.35. The van der Waals surface area contributed by atoms with Crippen molar-refractivity contribution in [1.82, 2.24) is 5.32 Å². The third-order valence-electron chi connectivity index (χ3n) is 4.50. The molecule has 1 unspecified atom stereocenters. The molecule has 0 heterocycles. The normalized spacial score (nSPS) is 25.0. The van der Waals surface area contributed by atoms with Crippen LogP contribution in [0.25, 0.3) is 0 Å². The van der Waals surface area contributed by atoms with Gasteiger partial charge in [-0.2, -0.15) is 13.2 Å². The summed E-state index contributed by atoms with van der Waals surface area (Å²) in [4.78, 5) is 11.9. The number of halogens is 3. The summed E-state index contributed by atoms with van der Waals surface area (Å²) in [5.41, 5.74) is -0.625. The van der Waals surface area contributed by atoms with Gasteiger partial charge in [0.15, 0.2) is 5.60 Å². The van der Waals surface area contributed by atoms with Gasteiger partial charge in [-0.25, -0.2) is 0 Å². The fourth-order valence-corrected chi connectivity index (χ4v) is 2.94. The first kappa shape index (κ1) is 18.7. The number of rotatable bonds is 6. The van der Waals surface area contributed by atoms with E-state index in [4.69, 9.17) is 0 Å². The maximum atomic E-state index is 12.6. The van der Waals surface area contributed by atoms with Gasteiger partial charge in [0.2, 0.25) is 5.91 Å². The molecule has 3 N–H and O–H groups in total. The lowest BCUT2D eigenvalue weighted by molar-refractivity contribution is -0.296. The molecule has 0 bridgehead atoms. The Balaban J connectivity index is 1.81. The van der Waals surface area contributed by atoms with Gasteiger partial charge >= 0.3 is 6.18 Å². The van der Waals surface area contributed by atoms with Crippen LogP contribution in [-0.4, -0.2) is 41.0 Å². The van der Waals surface area contributed by atoms with Gasteiger partial charge in [0.1, 0.15) is 0 Å². The second kappa shape index (κ2) is 7.11. The minimum atomic E-state index is -4.71. The fraction of sp³-hybridized carbons (Fsp3) is 0.588. The van der Waals surface area contributed by atoms with Crippen LogP contribution in [0.15, 0.2) is 24.3 Å². The molecule has 1 aromatic carbocycles. The van der Waals surface area contributed by atoms with Crippen molar-refractivity contribution in [2.75, 3.05) is 13.2 Å². The topological polar surface area (TPSA) is 69.6 Å². The van der Waals surface area contributed by atoms with Crippen LogP contribution in [0, 0.1) is 18.8 Å². The number of benzene rings is 1. The molecular formula is C17H22F3NO3. The summed E-state index contributed by atoms with van der Waals surface area (Å²) in [6, 6.07) is 7.77. The van der Waals surface area contributed by atoms with Gasteiger partial charge < -0.3 is 15.5 Å². The smallest absolute Gasteiger partial charge is 0.396 e. The molecule has 1 saturated carbocycles. The Labute approximate surface area is 138 Å². The SMILES string of the molecule is Cc1cccc(CC(CO)CNC(=O)C2CC(O)(C(F)(F)F)C2)c1. The lowest BCUT2D eigenvalue weighted by Crippen LogP contribution is -2.58. The summed E-state index contributed by atoms with van der Waals surface area (Å²) < 4.78 is 37.7. The van der Waals surface area contributed by atoms with Gasteiger partial charge in [0.05, 0.1) is 0 Å². The highest BCUT2D eigenvalue weighted by Crippen LogP contribution is 2.48. The van der Waals surface area contributed by atoms with Crippen LogP contribution in [0.1, 0.15) is 24.0 Å². The zero-order chi connectivity index (χ0) is 18.0. The van der Waals surface area contributed by atoms with Crippen LogP contribution in [0.4, 0.5) is 13.2 Å². The molecule has 1 aliphatic rings. The number of aryl methyl sites for hydroxylation is 1. The minimum Gasteiger partial charge on any atom is -0.396 e. The number of carbonyl (C=O) groups is 1. The van der Waals surface area contributed by atoms with E-state index in [0.29, 0.717) is 6.42 Å². The molecule has 4 nitrogen and oxygen atoms in total. The average molecular weight is 345 g/mol. The lowest BCUT2D eigenvalue weighted by Gasteiger charge is -2.43. The van der Waals surface area contributed by atoms with Crippen LogP contribution >= 0.6 is 0 Å². The van der Waals surface area contributed by atoms with Crippen molar-refractivity contribution in [2.45, 2.75) is 38.0 Å². The number of aliphatic hydroxyl groups excluding tert-OH is 1. The van der Waals surface area contributed by atoms with Crippen molar-refractivity contribution in [3.05, 3.63) is 35.4 Å². The standard InChI is InChI=1S/C17H22F3NO3/c1-11-3-2-4-12(5-11)6-13(10-22)9-21-15(23)14-7-16(24,8-14)17(18,19)20/h2-5,13-14,22,24H,6-10H2,1H3,(H,21,23). The fourth-order valence-electron chi connectivity index (χ4n) is 2.94. The summed E-state index contributed by atoms with van der Waals surface area (Å²) in [7, 11) is 0. The molecule has 1 atom stereocenters. The van der Waals surface area contributed by atoms with Crippen molar-refractivity contribution in [2.24, 2.45) is 11.8 Å². The second-order valence-electron chi connectivity index (χ2n) is 6.62. The first-order valence-corrected chi connectivity index (χ1v) is 7.88. The van der Waals surface area contributed by atoms with E-state index >= 15 is 0 Å². The molecule has 134 valence electrons. The van der Waals surface area contributed by atoms with Crippen LogP contribution in [0.5, 0.6) is 0 Å². The van der Waals surface area contributed by atoms with Crippen molar-refractivity contribution >= 4 is 5.91 Å². The molecule has 1 aromatic rings. The van der Waals surface area contributed by atoms with E-state index in [0.717, 1.165) is 11.1 Å². The van der Waals surface area contributed by atoms with E-state index in [9.17, 15) is 28.2 Å². The predicted molar refractivity (Wildman–Crippen MR) is 82.2 cm³/mol. The molecule has 0 saturated heterocycles. The van der Waals surface area contributed by atoms with Crippen LogP contribution in [-0.2, 0) is 11.2 Å². The summed E-state index contributed by atoms with van der Waals surface area (Å²) in [6.45, 7) is 2.01. The molecule has 24 heavy (non-hydrogen) atoms. The van der Waals surface area contributed by atoms with Gasteiger partial charge in [0, 0.05) is 25.0 Å². The Bertz CT molecular complexity index is 583. The van der Waals surface area contributed by atoms with E-state index in [-0.39, 0.29) is 19.1 Å². The number of alkyl halides is 3. The monoisotopic (exact) mass is 345 g/mol. The largest absolute Gasteiger partial charge is 0.417 e. The Hall–Kier alpha value is -1.60. The maximum Gasteiger partial charge on any atom is 0.417 e. The minimum absolute atomic E-state index is 0.134. The van der Waals surface area contributed by atoms with E-state index in [1.54, 1.807) is 0 Å². The summed E-state index contributed by atoms with van der Waals surface area (Å²) >= 11 is 0. The highest BCUT2D eigenvalue weighted by atomic mass is 19.4. The van der Waals surface area contributed by atoms with Gasteiger partial charge in [-0.05, 0) is 31.7 Å². The van der Waals surface area contributed by atoms with E-state index in [1.165, 1.54) is 0 Å². The number of carbonyl (C=O) groups excluding carboxylic acids is 1. The van der Waals surface area contributed by atoms with Crippen LogP contribution in [0.2, 0.25) is 0 Å². The number of amides is 1. The molecule has 0 spiro atoms. The Morgan fingerprint density at radius 3 is 2.62 bits per heavy atom. The van der Waals surface area contributed by atoms with Gasteiger partial charge in [-0.3, -0.25) is 4.79 Å². The zero-order valence-electron chi connectivity index (χ0n) is 13.4. The highest BCUT2D eigenvalue weighted by Gasteiger charge is 2.62. The second-order valence-corrected chi connectivity index (χ2v) is 6.62. The number of hydrogen-bond acceptors (Lipinski definition) is 3. The summed E-state index contributed by atoms with van der Waals surface area (Å²) in [5, 5.41) is 21.4. The predicted octanol–water partition coefficient (Wildman–Crippen LogP) is 1.97. The molecule has 0 aromatic heterocycles. The van der Waals surface area contributed by atoms with Crippen molar-refractivity contribution in [3.8, 4) is 0 Å². The lowest BCUT2D eigenvalue weighted by atomic mass is 9.70. The third-order valence-corrected chi connectivity index (χ3v) is 4.50. The van der Waals surface area contributed by atoms with Crippen LogP contribution in [0.3, 0.4) is 0 Å². The first-order valence-electron chi connectivity index (χ1n) is 7.88. The van der Waals surface area contributed by atoms with Gasteiger partial charge in [0.25, 0.3) is 0 Å². The molecule has 1 aliphatic carbocycles. The maximum absolute atomic E-state index is 12.6. The van der Waals surface area contributed by atoms with Crippen molar-refractivity contribution in [1.29, 1.82) is 0 Å². The zero-order valence-corrected chi connectivity index (χ0v) is 13.4. The molecular weight excluding hydrogens is 323 g/mol. The summed E-state index contributed by atoms with van der Waals surface area (Å²) in [5.74, 6) is -1.56. The average Bonchev–Trinajstić information content (AvgIpc) is 2.46. The van der Waals surface area contributed by atoms with Crippen molar-refractivity contribution in [3.63, 3.8) is 0 Å². The molecule has 0 radical (unpaired) electrons. The molecule has 7 heteroatoms. The Morgan fingerprint density at radius 2 is 2.08 bits per heavy atom. The van der Waals surface area contributed by atoms with E-state index < -0.39 is 36.4 Å².